The predicted molar refractivity (Wildman–Crippen MR) is 52.4 cm³/mol. The lowest BCUT2D eigenvalue weighted by atomic mass is 10.0. The maximum absolute atomic E-state index is 3.29. The SMILES string of the molecule is CN(C)CCN(C)CC1CNC1. The first-order valence-corrected chi connectivity index (χ1v) is 4.72. The highest BCUT2D eigenvalue weighted by Crippen LogP contribution is 2.03. The third kappa shape index (κ3) is 3.52. The first kappa shape index (κ1) is 9.96. The summed E-state index contributed by atoms with van der Waals surface area (Å²) in [5, 5.41) is 3.29. The van der Waals surface area contributed by atoms with Gasteiger partial charge in [0.2, 0.25) is 0 Å². The van der Waals surface area contributed by atoms with Crippen molar-refractivity contribution < 1.29 is 0 Å². The van der Waals surface area contributed by atoms with Gasteiger partial charge in [-0.1, -0.05) is 0 Å². The Kier molecular flexibility index (Phi) is 3.98. The van der Waals surface area contributed by atoms with E-state index in [1.807, 2.05) is 0 Å². The van der Waals surface area contributed by atoms with Crippen LogP contribution in [0.5, 0.6) is 0 Å². The molecule has 0 amide bonds. The van der Waals surface area contributed by atoms with Gasteiger partial charge < -0.3 is 15.1 Å². The van der Waals surface area contributed by atoms with E-state index in [1.54, 1.807) is 0 Å². The quantitative estimate of drug-likeness (QED) is 0.613. The molecule has 1 fully saturated rings. The van der Waals surface area contributed by atoms with E-state index >= 15 is 0 Å². The van der Waals surface area contributed by atoms with Crippen molar-refractivity contribution >= 4 is 0 Å². The number of nitrogens with zero attached hydrogens (tertiary/aromatic N) is 2. The average Bonchev–Trinajstić information content (AvgIpc) is 1.93. The standard InChI is InChI=1S/C9H21N3/c1-11(2)4-5-12(3)8-9-6-10-7-9/h9-10H,4-8H2,1-3H3. The molecule has 12 heavy (non-hydrogen) atoms. The first-order valence-electron chi connectivity index (χ1n) is 4.72. The van der Waals surface area contributed by atoms with Gasteiger partial charge in [-0.25, -0.2) is 0 Å². The van der Waals surface area contributed by atoms with Gasteiger partial charge in [0, 0.05) is 32.7 Å². The molecule has 0 atom stereocenters. The van der Waals surface area contributed by atoms with Crippen LogP contribution in [0.4, 0.5) is 0 Å². The molecule has 0 aromatic heterocycles. The summed E-state index contributed by atoms with van der Waals surface area (Å²) in [5.41, 5.74) is 0. The third-order valence-corrected chi connectivity index (χ3v) is 2.36. The Morgan fingerprint density at radius 1 is 1.17 bits per heavy atom. The van der Waals surface area contributed by atoms with E-state index in [1.165, 1.54) is 26.2 Å². The van der Waals surface area contributed by atoms with Gasteiger partial charge in [0.25, 0.3) is 0 Å². The number of hydrogen-bond acceptors (Lipinski definition) is 3. The Labute approximate surface area is 75.7 Å². The van der Waals surface area contributed by atoms with Gasteiger partial charge in [-0.05, 0) is 27.1 Å². The molecule has 0 aromatic rings. The van der Waals surface area contributed by atoms with Crippen LogP contribution in [-0.2, 0) is 0 Å². The van der Waals surface area contributed by atoms with E-state index < -0.39 is 0 Å². The molecule has 0 unspecified atom stereocenters. The summed E-state index contributed by atoms with van der Waals surface area (Å²) in [6.45, 7) is 6.03. The van der Waals surface area contributed by atoms with Gasteiger partial charge in [0.1, 0.15) is 0 Å². The summed E-state index contributed by atoms with van der Waals surface area (Å²) < 4.78 is 0. The minimum absolute atomic E-state index is 0.900. The highest BCUT2D eigenvalue weighted by molar-refractivity contribution is 4.77. The van der Waals surface area contributed by atoms with Gasteiger partial charge in [-0.15, -0.1) is 0 Å². The molecule has 0 spiro atoms. The molecule has 0 aromatic carbocycles. The average molecular weight is 171 g/mol. The second-order valence-electron chi connectivity index (χ2n) is 4.09. The summed E-state index contributed by atoms with van der Waals surface area (Å²) in [6.07, 6.45) is 0. The molecule has 0 radical (unpaired) electrons. The molecule has 1 rings (SSSR count). The van der Waals surface area contributed by atoms with Crippen LogP contribution in [-0.4, -0.2) is 63.7 Å². The van der Waals surface area contributed by atoms with E-state index in [0.717, 1.165) is 12.5 Å². The minimum Gasteiger partial charge on any atom is -0.316 e. The lowest BCUT2D eigenvalue weighted by Crippen LogP contribution is -2.48. The van der Waals surface area contributed by atoms with E-state index in [4.69, 9.17) is 0 Å². The smallest absolute Gasteiger partial charge is 0.0106 e. The van der Waals surface area contributed by atoms with Crippen LogP contribution in [0.1, 0.15) is 0 Å². The highest BCUT2D eigenvalue weighted by atomic mass is 15.2. The van der Waals surface area contributed by atoms with Crippen molar-refractivity contribution in [2.45, 2.75) is 0 Å². The summed E-state index contributed by atoms with van der Waals surface area (Å²) in [5.74, 6) is 0.900. The van der Waals surface area contributed by atoms with E-state index in [0.29, 0.717) is 0 Å². The van der Waals surface area contributed by atoms with Gasteiger partial charge in [-0.3, -0.25) is 0 Å². The monoisotopic (exact) mass is 171 g/mol. The van der Waals surface area contributed by atoms with Crippen LogP contribution in [0.15, 0.2) is 0 Å². The Bertz CT molecular complexity index is 121. The molecule has 3 nitrogen and oxygen atoms in total. The Morgan fingerprint density at radius 3 is 2.25 bits per heavy atom. The molecule has 1 heterocycles. The molecular weight excluding hydrogens is 150 g/mol. The Hall–Kier alpha value is -0.120. The molecule has 0 aliphatic carbocycles. The van der Waals surface area contributed by atoms with Crippen molar-refractivity contribution in [3.8, 4) is 0 Å². The first-order chi connectivity index (χ1) is 5.68. The zero-order valence-electron chi connectivity index (χ0n) is 8.51. The number of rotatable bonds is 5. The molecule has 1 aliphatic rings. The molecule has 1 saturated heterocycles. The van der Waals surface area contributed by atoms with Crippen LogP contribution in [0.2, 0.25) is 0 Å². The Morgan fingerprint density at radius 2 is 1.83 bits per heavy atom. The number of nitrogens with one attached hydrogen (secondary N) is 1. The van der Waals surface area contributed by atoms with Crippen LogP contribution < -0.4 is 5.32 Å². The third-order valence-electron chi connectivity index (χ3n) is 2.36. The van der Waals surface area contributed by atoms with Crippen LogP contribution >= 0.6 is 0 Å². The van der Waals surface area contributed by atoms with Crippen molar-refractivity contribution in [2.75, 3.05) is 53.9 Å². The molecule has 3 heteroatoms. The Balaban J connectivity index is 1.98. The number of likely N-dealkylation sites (N-methyl/N-ethyl adjacent to an activating group) is 2. The summed E-state index contributed by atoms with van der Waals surface area (Å²) in [6, 6.07) is 0. The van der Waals surface area contributed by atoms with Crippen molar-refractivity contribution in [2.24, 2.45) is 5.92 Å². The fourth-order valence-electron chi connectivity index (χ4n) is 1.38. The lowest BCUT2D eigenvalue weighted by Gasteiger charge is -2.31. The fraction of sp³-hybridized carbons (Fsp3) is 1.00. The second-order valence-corrected chi connectivity index (χ2v) is 4.09. The van der Waals surface area contributed by atoms with E-state index in [2.05, 4.69) is 36.3 Å². The van der Waals surface area contributed by atoms with Crippen LogP contribution in [0.25, 0.3) is 0 Å². The molecule has 1 N–H and O–H groups in total. The normalized spacial score (nSPS) is 18.8. The van der Waals surface area contributed by atoms with Gasteiger partial charge in [0.05, 0.1) is 0 Å². The zero-order valence-corrected chi connectivity index (χ0v) is 8.51. The highest BCUT2D eigenvalue weighted by Gasteiger charge is 2.17. The largest absolute Gasteiger partial charge is 0.316 e. The van der Waals surface area contributed by atoms with Gasteiger partial charge >= 0.3 is 0 Å². The lowest BCUT2D eigenvalue weighted by molar-refractivity contribution is 0.208. The molecule has 72 valence electrons. The molecular formula is C9H21N3. The zero-order chi connectivity index (χ0) is 8.97. The molecule has 0 bridgehead atoms. The van der Waals surface area contributed by atoms with Crippen LogP contribution in [0, 0.1) is 5.92 Å². The molecule has 0 saturated carbocycles. The summed E-state index contributed by atoms with van der Waals surface area (Å²) >= 11 is 0. The predicted octanol–water partition coefficient (Wildman–Crippen LogP) is -0.301. The van der Waals surface area contributed by atoms with Crippen molar-refractivity contribution in [3.05, 3.63) is 0 Å². The topological polar surface area (TPSA) is 18.5 Å². The second kappa shape index (κ2) is 4.80. The fourth-order valence-corrected chi connectivity index (χ4v) is 1.38. The van der Waals surface area contributed by atoms with Gasteiger partial charge in [-0.2, -0.15) is 0 Å². The van der Waals surface area contributed by atoms with E-state index in [-0.39, 0.29) is 0 Å². The summed E-state index contributed by atoms with van der Waals surface area (Å²) in [7, 11) is 6.46. The number of hydrogen-bond donors (Lipinski definition) is 1. The maximum atomic E-state index is 3.29. The van der Waals surface area contributed by atoms with Crippen LogP contribution in [0.3, 0.4) is 0 Å². The minimum atomic E-state index is 0.900. The van der Waals surface area contributed by atoms with Gasteiger partial charge in [0.15, 0.2) is 0 Å². The maximum Gasteiger partial charge on any atom is 0.0106 e. The van der Waals surface area contributed by atoms with Crippen molar-refractivity contribution in [1.82, 2.24) is 15.1 Å². The van der Waals surface area contributed by atoms with Crippen molar-refractivity contribution in [1.29, 1.82) is 0 Å². The summed E-state index contributed by atoms with van der Waals surface area (Å²) in [4.78, 5) is 4.65. The molecule has 1 aliphatic heterocycles. The van der Waals surface area contributed by atoms with Crippen molar-refractivity contribution in [3.63, 3.8) is 0 Å². The van der Waals surface area contributed by atoms with E-state index in [9.17, 15) is 0 Å².